The molecule has 0 bridgehead atoms. The van der Waals surface area contributed by atoms with Crippen LogP contribution in [0.4, 0.5) is 5.95 Å². The number of anilines is 1. The molecule has 1 atom stereocenters. The van der Waals surface area contributed by atoms with Crippen molar-refractivity contribution in [2.75, 3.05) is 18.4 Å². The van der Waals surface area contributed by atoms with Crippen LogP contribution in [0, 0.1) is 5.92 Å². The Labute approximate surface area is 164 Å². The quantitative estimate of drug-likeness (QED) is 0.719. The molecule has 0 spiro atoms. The molecule has 1 saturated heterocycles. The second-order valence-corrected chi connectivity index (χ2v) is 7.13. The van der Waals surface area contributed by atoms with E-state index in [1.807, 2.05) is 54.0 Å². The van der Waals surface area contributed by atoms with E-state index in [0.717, 1.165) is 17.5 Å². The summed E-state index contributed by atoms with van der Waals surface area (Å²) in [7, 11) is 0. The van der Waals surface area contributed by atoms with Crippen molar-refractivity contribution in [1.29, 1.82) is 0 Å². The van der Waals surface area contributed by atoms with Crippen molar-refractivity contribution in [2.45, 2.75) is 26.3 Å². The van der Waals surface area contributed by atoms with Gasteiger partial charge in [-0.2, -0.15) is 0 Å². The summed E-state index contributed by atoms with van der Waals surface area (Å²) >= 11 is 0. The van der Waals surface area contributed by atoms with E-state index in [2.05, 4.69) is 22.4 Å². The SMILES string of the molecule is CCn1c(NC(=O)C2CC(=O)N(CCc3ccccc3)C2)nc2ccccc21. The molecule has 1 N–H and O–H groups in total. The zero-order chi connectivity index (χ0) is 19.5. The summed E-state index contributed by atoms with van der Waals surface area (Å²) in [6.45, 7) is 3.83. The van der Waals surface area contributed by atoms with Crippen LogP contribution in [0.5, 0.6) is 0 Å². The Bertz CT molecular complexity index is 996. The minimum absolute atomic E-state index is 0.0417. The maximum Gasteiger partial charge on any atom is 0.232 e. The molecular formula is C22H24N4O2. The van der Waals surface area contributed by atoms with Gasteiger partial charge in [0, 0.05) is 26.1 Å². The Morgan fingerprint density at radius 2 is 1.89 bits per heavy atom. The molecule has 2 amide bonds. The number of carbonyl (C=O) groups excluding carboxylic acids is 2. The molecule has 6 nitrogen and oxygen atoms in total. The van der Waals surface area contributed by atoms with Crippen molar-refractivity contribution < 1.29 is 9.59 Å². The third-order valence-electron chi connectivity index (χ3n) is 5.30. The predicted molar refractivity (Wildman–Crippen MR) is 109 cm³/mol. The van der Waals surface area contributed by atoms with Gasteiger partial charge in [0.1, 0.15) is 0 Å². The van der Waals surface area contributed by atoms with Crippen molar-refractivity contribution in [1.82, 2.24) is 14.5 Å². The van der Waals surface area contributed by atoms with E-state index in [1.54, 1.807) is 4.90 Å². The summed E-state index contributed by atoms with van der Waals surface area (Å²) in [5.41, 5.74) is 3.04. The van der Waals surface area contributed by atoms with Gasteiger partial charge in [0.05, 0.1) is 17.0 Å². The monoisotopic (exact) mass is 376 g/mol. The molecule has 144 valence electrons. The summed E-state index contributed by atoms with van der Waals surface area (Å²) in [5, 5.41) is 2.94. The van der Waals surface area contributed by atoms with Gasteiger partial charge in [-0.15, -0.1) is 0 Å². The molecule has 1 fully saturated rings. The van der Waals surface area contributed by atoms with Crippen LogP contribution in [0.1, 0.15) is 18.9 Å². The van der Waals surface area contributed by atoms with Crippen molar-refractivity contribution in [3.05, 3.63) is 60.2 Å². The van der Waals surface area contributed by atoms with Crippen LogP contribution in [0.25, 0.3) is 11.0 Å². The number of likely N-dealkylation sites (tertiary alicyclic amines) is 1. The molecule has 1 aliphatic rings. The van der Waals surface area contributed by atoms with Crippen molar-refractivity contribution >= 4 is 28.8 Å². The third-order valence-corrected chi connectivity index (χ3v) is 5.30. The van der Waals surface area contributed by atoms with Crippen molar-refractivity contribution in [2.24, 2.45) is 5.92 Å². The van der Waals surface area contributed by atoms with Gasteiger partial charge in [-0.05, 0) is 31.0 Å². The average Bonchev–Trinajstić information content (AvgIpc) is 3.26. The summed E-state index contributed by atoms with van der Waals surface area (Å²) in [6, 6.07) is 17.9. The molecule has 1 aromatic heterocycles. The van der Waals surface area contributed by atoms with Crippen LogP contribution in [-0.2, 0) is 22.6 Å². The Hall–Kier alpha value is -3.15. The highest BCUT2D eigenvalue weighted by Gasteiger charge is 2.34. The van der Waals surface area contributed by atoms with Crippen LogP contribution in [0.3, 0.4) is 0 Å². The van der Waals surface area contributed by atoms with Crippen molar-refractivity contribution in [3.63, 3.8) is 0 Å². The topological polar surface area (TPSA) is 67.2 Å². The van der Waals surface area contributed by atoms with Crippen LogP contribution in [0.2, 0.25) is 0 Å². The molecule has 2 aromatic carbocycles. The first-order valence-corrected chi connectivity index (χ1v) is 9.73. The second-order valence-electron chi connectivity index (χ2n) is 7.13. The first kappa shape index (κ1) is 18.2. The van der Waals surface area contributed by atoms with E-state index in [0.29, 0.717) is 25.6 Å². The second kappa shape index (κ2) is 7.84. The first-order chi connectivity index (χ1) is 13.7. The number of aryl methyl sites for hydroxylation is 1. The largest absolute Gasteiger partial charge is 0.342 e. The van der Waals surface area contributed by atoms with Gasteiger partial charge in [0.25, 0.3) is 0 Å². The van der Waals surface area contributed by atoms with E-state index < -0.39 is 0 Å². The molecular weight excluding hydrogens is 352 g/mol. The number of aromatic nitrogens is 2. The first-order valence-electron chi connectivity index (χ1n) is 9.73. The number of nitrogens with one attached hydrogen (secondary N) is 1. The molecule has 0 radical (unpaired) electrons. The number of hydrogen-bond donors (Lipinski definition) is 1. The fraction of sp³-hybridized carbons (Fsp3) is 0.318. The Balaban J connectivity index is 1.41. The number of nitrogens with zero attached hydrogens (tertiary/aromatic N) is 3. The molecule has 3 aromatic rings. The molecule has 4 rings (SSSR count). The Morgan fingerprint density at radius 1 is 1.14 bits per heavy atom. The minimum atomic E-state index is -0.339. The Morgan fingerprint density at radius 3 is 2.68 bits per heavy atom. The summed E-state index contributed by atoms with van der Waals surface area (Å²) in [5.74, 6) is 0.109. The summed E-state index contributed by atoms with van der Waals surface area (Å²) < 4.78 is 1.98. The Kier molecular flexibility index (Phi) is 5.10. The molecule has 0 aliphatic carbocycles. The van der Waals surface area contributed by atoms with E-state index >= 15 is 0 Å². The number of amides is 2. The third kappa shape index (κ3) is 3.63. The highest BCUT2D eigenvalue weighted by Crippen LogP contribution is 2.23. The van der Waals surface area contributed by atoms with Gasteiger partial charge >= 0.3 is 0 Å². The smallest absolute Gasteiger partial charge is 0.232 e. The van der Waals surface area contributed by atoms with Crippen LogP contribution < -0.4 is 5.32 Å². The summed E-state index contributed by atoms with van der Waals surface area (Å²) in [6.07, 6.45) is 1.06. The fourth-order valence-electron chi connectivity index (χ4n) is 3.78. The molecule has 1 aliphatic heterocycles. The van der Waals surface area contributed by atoms with E-state index in [-0.39, 0.29) is 24.2 Å². The molecule has 1 unspecified atom stereocenters. The highest BCUT2D eigenvalue weighted by molar-refractivity contribution is 5.97. The van der Waals surface area contributed by atoms with Crippen LogP contribution >= 0.6 is 0 Å². The lowest BCUT2D eigenvalue weighted by Gasteiger charge is -2.16. The number of imidazole rings is 1. The van der Waals surface area contributed by atoms with Gasteiger partial charge in [-0.25, -0.2) is 4.98 Å². The molecule has 0 saturated carbocycles. The van der Waals surface area contributed by atoms with E-state index in [4.69, 9.17) is 0 Å². The molecule has 2 heterocycles. The lowest BCUT2D eigenvalue weighted by molar-refractivity contribution is -0.128. The van der Waals surface area contributed by atoms with Crippen molar-refractivity contribution in [3.8, 4) is 0 Å². The fourth-order valence-corrected chi connectivity index (χ4v) is 3.78. The maximum atomic E-state index is 12.8. The molecule has 6 heteroatoms. The minimum Gasteiger partial charge on any atom is -0.342 e. The normalized spacial score (nSPS) is 16.7. The highest BCUT2D eigenvalue weighted by atomic mass is 16.2. The number of hydrogen-bond acceptors (Lipinski definition) is 3. The zero-order valence-corrected chi connectivity index (χ0v) is 16.0. The van der Waals surface area contributed by atoms with Gasteiger partial charge in [-0.3, -0.25) is 14.9 Å². The maximum absolute atomic E-state index is 12.8. The van der Waals surface area contributed by atoms with Crippen LogP contribution in [0.15, 0.2) is 54.6 Å². The standard InChI is InChI=1S/C22H24N4O2/c1-2-26-19-11-7-6-10-18(19)23-22(26)24-21(28)17-14-20(27)25(15-17)13-12-16-8-4-3-5-9-16/h3-11,17H,2,12-15H2,1H3,(H,23,24,28). The number of fused-ring (bicyclic) bond motifs is 1. The lowest BCUT2D eigenvalue weighted by atomic mass is 10.1. The van der Waals surface area contributed by atoms with Gasteiger partial charge in [-0.1, -0.05) is 42.5 Å². The van der Waals surface area contributed by atoms with E-state index in [1.165, 1.54) is 5.56 Å². The predicted octanol–water partition coefficient (Wildman–Crippen LogP) is 3.09. The van der Waals surface area contributed by atoms with Gasteiger partial charge in [0.15, 0.2) is 0 Å². The van der Waals surface area contributed by atoms with Gasteiger partial charge in [0.2, 0.25) is 17.8 Å². The van der Waals surface area contributed by atoms with Gasteiger partial charge < -0.3 is 9.47 Å². The zero-order valence-electron chi connectivity index (χ0n) is 16.0. The number of rotatable bonds is 6. The van der Waals surface area contributed by atoms with Crippen LogP contribution in [-0.4, -0.2) is 39.4 Å². The lowest BCUT2D eigenvalue weighted by Crippen LogP contribution is -2.30. The number of carbonyl (C=O) groups is 2. The number of benzene rings is 2. The number of para-hydroxylation sites is 2. The molecule has 28 heavy (non-hydrogen) atoms. The summed E-state index contributed by atoms with van der Waals surface area (Å²) in [4.78, 5) is 31.5. The van der Waals surface area contributed by atoms with E-state index in [9.17, 15) is 9.59 Å². The average molecular weight is 376 g/mol.